The predicted molar refractivity (Wildman–Crippen MR) is 72.0 cm³/mol. The molecule has 0 radical (unpaired) electrons. The van der Waals surface area contributed by atoms with E-state index in [0.717, 1.165) is 11.3 Å². The average Bonchev–Trinajstić information content (AvgIpc) is 2.33. The fraction of sp³-hybridized carbons (Fsp3) is 0.143. The van der Waals surface area contributed by atoms with Crippen molar-refractivity contribution in [1.82, 2.24) is 0 Å². The summed E-state index contributed by atoms with van der Waals surface area (Å²) in [7, 11) is 0. The zero-order valence-electron chi connectivity index (χ0n) is 9.41. The van der Waals surface area contributed by atoms with Crippen LogP contribution in [0.5, 0.6) is 5.75 Å². The van der Waals surface area contributed by atoms with Gasteiger partial charge in [0.05, 0.1) is 10.0 Å². The fourth-order valence-corrected chi connectivity index (χ4v) is 1.75. The molecule has 88 valence electrons. The lowest BCUT2D eigenvalue weighted by Crippen LogP contribution is -1.95. The minimum absolute atomic E-state index is 0.486. The number of ether oxygens (including phenoxy) is 1. The van der Waals surface area contributed by atoms with Gasteiger partial charge in [0, 0.05) is 0 Å². The van der Waals surface area contributed by atoms with Crippen molar-refractivity contribution in [2.75, 3.05) is 0 Å². The molecule has 0 aliphatic carbocycles. The lowest BCUT2D eigenvalue weighted by Gasteiger charge is -2.07. The van der Waals surface area contributed by atoms with Gasteiger partial charge in [-0.05, 0) is 36.8 Å². The summed E-state index contributed by atoms with van der Waals surface area (Å²) >= 11 is 11.8. The maximum absolute atomic E-state index is 5.93. The van der Waals surface area contributed by atoms with Gasteiger partial charge in [0.25, 0.3) is 0 Å². The molecule has 2 aromatic carbocycles. The Labute approximate surface area is 111 Å². The van der Waals surface area contributed by atoms with E-state index in [1.807, 2.05) is 43.3 Å². The van der Waals surface area contributed by atoms with Gasteiger partial charge >= 0.3 is 0 Å². The zero-order chi connectivity index (χ0) is 12.3. The summed E-state index contributed by atoms with van der Waals surface area (Å²) in [6.07, 6.45) is 0. The molecule has 0 saturated carbocycles. The molecule has 1 nitrogen and oxygen atoms in total. The van der Waals surface area contributed by atoms with Crippen LogP contribution in [0.2, 0.25) is 10.0 Å². The molecule has 0 fully saturated rings. The summed E-state index contributed by atoms with van der Waals surface area (Å²) in [5.74, 6) is 0.849. The second kappa shape index (κ2) is 5.44. The molecule has 0 saturated heterocycles. The van der Waals surface area contributed by atoms with Crippen molar-refractivity contribution in [3.8, 4) is 5.75 Å². The van der Waals surface area contributed by atoms with Crippen molar-refractivity contribution < 1.29 is 4.74 Å². The van der Waals surface area contributed by atoms with E-state index in [4.69, 9.17) is 27.9 Å². The summed E-state index contributed by atoms with van der Waals surface area (Å²) in [5, 5.41) is 1.11. The largest absolute Gasteiger partial charge is 0.489 e. The van der Waals surface area contributed by atoms with Gasteiger partial charge in [-0.25, -0.2) is 0 Å². The number of benzene rings is 2. The van der Waals surface area contributed by atoms with Gasteiger partial charge in [-0.1, -0.05) is 47.0 Å². The highest BCUT2D eigenvalue weighted by atomic mass is 35.5. The Morgan fingerprint density at radius 1 is 0.941 bits per heavy atom. The molecule has 0 heterocycles. The Hall–Kier alpha value is -1.18. The van der Waals surface area contributed by atoms with Gasteiger partial charge in [0.15, 0.2) is 0 Å². The van der Waals surface area contributed by atoms with Crippen molar-refractivity contribution in [3.05, 3.63) is 63.6 Å². The van der Waals surface area contributed by atoms with Crippen LogP contribution in [-0.2, 0) is 6.61 Å². The third-order valence-electron chi connectivity index (χ3n) is 2.41. The Morgan fingerprint density at radius 3 is 2.29 bits per heavy atom. The molecule has 17 heavy (non-hydrogen) atoms. The van der Waals surface area contributed by atoms with Crippen LogP contribution in [-0.4, -0.2) is 0 Å². The van der Waals surface area contributed by atoms with Crippen molar-refractivity contribution in [2.45, 2.75) is 13.5 Å². The minimum atomic E-state index is 0.486. The third kappa shape index (κ3) is 3.39. The van der Waals surface area contributed by atoms with Crippen LogP contribution in [0.1, 0.15) is 11.1 Å². The van der Waals surface area contributed by atoms with Crippen molar-refractivity contribution in [3.63, 3.8) is 0 Å². The van der Waals surface area contributed by atoms with Gasteiger partial charge in [-0.15, -0.1) is 0 Å². The van der Waals surface area contributed by atoms with E-state index in [2.05, 4.69) is 0 Å². The quantitative estimate of drug-likeness (QED) is 0.770. The average molecular weight is 267 g/mol. The van der Waals surface area contributed by atoms with E-state index in [0.29, 0.717) is 16.7 Å². The summed E-state index contributed by atoms with van der Waals surface area (Å²) in [5.41, 5.74) is 2.21. The van der Waals surface area contributed by atoms with E-state index in [9.17, 15) is 0 Å². The van der Waals surface area contributed by atoms with E-state index >= 15 is 0 Å². The minimum Gasteiger partial charge on any atom is -0.489 e. The molecule has 0 spiro atoms. The molecule has 0 bridgehead atoms. The molecule has 2 aromatic rings. The maximum Gasteiger partial charge on any atom is 0.119 e. The third-order valence-corrected chi connectivity index (χ3v) is 3.15. The second-order valence-corrected chi connectivity index (χ2v) is 4.66. The molecule has 3 heteroatoms. The first kappa shape index (κ1) is 12.3. The number of halogens is 2. The normalized spacial score (nSPS) is 10.3. The highest BCUT2D eigenvalue weighted by Crippen LogP contribution is 2.23. The lowest BCUT2D eigenvalue weighted by molar-refractivity contribution is 0.306. The van der Waals surface area contributed by atoms with E-state index < -0.39 is 0 Å². The molecule has 0 N–H and O–H groups in total. The van der Waals surface area contributed by atoms with Crippen LogP contribution in [0.4, 0.5) is 0 Å². The molecular formula is C14H12Cl2O. The van der Waals surface area contributed by atoms with E-state index in [-0.39, 0.29) is 0 Å². The van der Waals surface area contributed by atoms with E-state index in [1.54, 1.807) is 6.07 Å². The van der Waals surface area contributed by atoms with Gasteiger partial charge in [-0.3, -0.25) is 0 Å². The monoisotopic (exact) mass is 266 g/mol. The molecule has 0 unspecified atom stereocenters. The first-order chi connectivity index (χ1) is 8.15. The van der Waals surface area contributed by atoms with Crippen molar-refractivity contribution >= 4 is 23.2 Å². The summed E-state index contributed by atoms with van der Waals surface area (Å²) < 4.78 is 5.64. The molecule has 0 atom stereocenters. The smallest absolute Gasteiger partial charge is 0.119 e. The lowest BCUT2D eigenvalue weighted by atomic mass is 10.2. The van der Waals surface area contributed by atoms with Crippen LogP contribution in [0.3, 0.4) is 0 Å². The number of hydrogen-bond donors (Lipinski definition) is 0. The van der Waals surface area contributed by atoms with Crippen molar-refractivity contribution in [1.29, 1.82) is 0 Å². The Kier molecular flexibility index (Phi) is 3.93. The van der Waals surface area contributed by atoms with Crippen LogP contribution in [0, 0.1) is 6.92 Å². The maximum atomic E-state index is 5.93. The Balaban J connectivity index is 2.02. The van der Waals surface area contributed by atoms with Crippen LogP contribution >= 0.6 is 23.2 Å². The van der Waals surface area contributed by atoms with Gasteiger partial charge in [0.2, 0.25) is 0 Å². The fourth-order valence-electron chi connectivity index (χ4n) is 1.43. The molecule has 0 amide bonds. The molecule has 0 aliphatic rings. The van der Waals surface area contributed by atoms with Gasteiger partial charge in [-0.2, -0.15) is 0 Å². The Morgan fingerprint density at radius 2 is 1.65 bits per heavy atom. The molecular weight excluding hydrogens is 255 g/mol. The highest BCUT2D eigenvalue weighted by Gasteiger charge is 2.00. The number of hydrogen-bond acceptors (Lipinski definition) is 1. The molecule has 2 rings (SSSR count). The Bertz CT molecular complexity index is 506. The SMILES string of the molecule is Cc1ccc(OCc2ccc(Cl)c(Cl)c2)cc1. The van der Waals surface area contributed by atoms with Gasteiger partial charge in [0.1, 0.15) is 12.4 Å². The predicted octanol–water partition coefficient (Wildman–Crippen LogP) is 4.88. The summed E-state index contributed by atoms with van der Waals surface area (Å²) in [6, 6.07) is 13.4. The second-order valence-electron chi connectivity index (χ2n) is 3.85. The zero-order valence-corrected chi connectivity index (χ0v) is 10.9. The molecule has 0 aliphatic heterocycles. The number of aryl methyl sites for hydroxylation is 1. The van der Waals surface area contributed by atoms with Crippen LogP contribution in [0.25, 0.3) is 0 Å². The van der Waals surface area contributed by atoms with Crippen LogP contribution < -0.4 is 4.74 Å². The topological polar surface area (TPSA) is 9.23 Å². The van der Waals surface area contributed by atoms with E-state index in [1.165, 1.54) is 5.56 Å². The van der Waals surface area contributed by atoms with Crippen molar-refractivity contribution in [2.24, 2.45) is 0 Å². The van der Waals surface area contributed by atoms with Crippen LogP contribution in [0.15, 0.2) is 42.5 Å². The van der Waals surface area contributed by atoms with Gasteiger partial charge < -0.3 is 4.74 Å². The summed E-state index contributed by atoms with van der Waals surface area (Å²) in [6.45, 7) is 2.53. The highest BCUT2D eigenvalue weighted by molar-refractivity contribution is 6.42. The first-order valence-electron chi connectivity index (χ1n) is 5.28. The number of rotatable bonds is 3. The molecule has 0 aromatic heterocycles. The standard InChI is InChI=1S/C14H12Cl2O/c1-10-2-5-12(6-3-10)17-9-11-4-7-13(15)14(16)8-11/h2-8H,9H2,1H3. The summed E-state index contributed by atoms with van der Waals surface area (Å²) in [4.78, 5) is 0. The first-order valence-corrected chi connectivity index (χ1v) is 6.04.